The Morgan fingerprint density at radius 2 is 1.02 bits per heavy atom. The SMILES string of the molecule is CCCCC/C=C\C/C=C\C/C=C\CCCCC(=O)OC[C@H](COP(=O)(O)O[C@H]1C(O)C(O)C(O)[C@@H](OP(=O)(O)O)C1O)OC(=O)CCC/C=C\C/C=C\C/C=C\C/C=C\[C@H](O)CCCC. The molecule has 0 amide bonds. The molecule has 0 aromatic carbocycles. The number of aliphatic hydroxyl groups is 5. The van der Waals surface area contributed by atoms with Gasteiger partial charge in [-0.1, -0.05) is 125 Å². The largest absolute Gasteiger partial charge is 0.472 e. The van der Waals surface area contributed by atoms with E-state index in [2.05, 4.69) is 48.8 Å². The lowest BCUT2D eigenvalue weighted by molar-refractivity contribution is -0.216. The molecule has 1 aliphatic carbocycles. The minimum Gasteiger partial charge on any atom is -0.462 e. The summed E-state index contributed by atoms with van der Waals surface area (Å²) in [5.74, 6) is -1.35. The lowest BCUT2D eigenvalue weighted by Crippen LogP contribution is -2.64. The highest BCUT2D eigenvalue weighted by molar-refractivity contribution is 7.47. The Bertz CT molecular complexity index is 1620. The van der Waals surface area contributed by atoms with Gasteiger partial charge in [0.15, 0.2) is 6.10 Å². The molecule has 17 nitrogen and oxygen atoms in total. The van der Waals surface area contributed by atoms with E-state index in [4.69, 9.17) is 28.3 Å². The number of carbonyl (C=O) groups is 2. The predicted molar refractivity (Wildman–Crippen MR) is 251 cm³/mol. The zero-order valence-electron chi connectivity index (χ0n) is 38.7. The minimum absolute atomic E-state index is 0.0474. The first kappa shape index (κ1) is 61.2. The molecule has 0 saturated heterocycles. The van der Waals surface area contributed by atoms with Crippen LogP contribution in [-0.4, -0.2) is 114 Å². The van der Waals surface area contributed by atoms with E-state index in [-0.39, 0.29) is 12.8 Å². The fourth-order valence-corrected chi connectivity index (χ4v) is 7.87. The summed E-state index contributed by atoms with van der Waals surface area (Å²) in [6.45, 7) is 2.83. The van der Waals surface area contributed by atoms with E-state index in [0.29, 0.717) is 32.1 Å². The van der Waals surface area contributed by atoms with Crippen molar-refractivity contribution in [2.45, 2.75) is 185 Å². The van der Waals surface area contributed by atoms with Gasteiger partial charge in [-0.05, 0) is 83.5 Å². The molecule has 0 bridgehead atoms. The Hall–Kier alpha value is -2.86. The summed E-state index contributed by atoms with van der Waals surface area (Å²) in [6, 6.07) is 0. The summed E-state index contributed by atoms with van der Waals surface area (Å²) < 4.78 is 49.2. The van der Waals surface area contributed by atoms with Crippen molar-refractivity contribution in [1.82, 2.24) is 0 Å². The number of hydrogen-bond acceptors (Lipinski definition) is 14. The number of unbranched alkanes of at least 4 members (excludes halogenated alkanes) is 7. The Kier molecular flexibility index (Phi) is 34.4. The normalized spacial score (nSPS) is 22.8. The second kappa shape index (κ2) is 37.1. The molecule has 1 fully saturated rings. The van der Waals surface area contributed by atoms with E-state index in [1.807, 2.05) is 54.7 Å². The number of phosphoric acid groups is 2. The lowest BCUT2D eigenvalue weighted by atomic mass is 9.85. The molecule has 378 valence electrons. The van der Waals surface area contributed by atoms with Gasteiger partial charge < -0.3 is 49.7 Å². The highest BCUT2D eigenvalue weighted by Crippen LogP contribution is 2.49. The van der Waals surface area contributed by atoms with Crippen molar-refractivity contribution in [3.63, 3.8) is 0 Å². The van der Waals surface area contributed by atoms with Crippen LogP contribution in [0.1, 0.15) is 136 Å². The van der Waals surface area contributed by atoms with Crippen LogP contribution in [0.4, 0.5) is 0 Å². The summed E-state index contributed by atoms with van der Waals surface area (Å²) in [5, 5.41) is 51.0. The first-order chi connectivity index (χ1) is 31.5. The molecule has 1 aliphatic rings. The van der Waals surface area contributed by atoms with Gasteiger partial charge in [-0.3, -0.25) is 23.2 Å². The molecule has 0 aliphatic heterocycles. The number of carbonyl (C=O) groups excluding carboxylic acids is 2. The summed E-state index contributed by atoms with van der Waals surface area (Å²) in [4.78, 5) is 54.2. The van der Waals surface area contributed by atoms with Crippen LogP contribution < -0.4 is 0 Å². The third-order valence-electron chi connectivity index (χ3n) is 10.0. The van der Waals surface area contributed by atoms with Crippen molar-refractivity contribution in [2.75, 3.05) is 13.2 Å². The van der Waals surface area contributed by atoms with E-state index in [1.54, 1.807) is 0 Å². The molecule has 0 radical (unpaired) electrons. The molecule has 0 heterocycles. The molecule has 66 heavy (non-hydrogen) atoms. The van der Waals surface area contributed by atoms with Crippen LogP contribution in [0.25, 0.3) is 0 Å². The third-order valence-corrected chi connectivity index (χ3v) is 11.5. The van der Waals surface area contributed by atoms with Gasteiger partial charge in [0.05, 0.1) is 12.7 Å². The number of esters is 2. The average Bonchev–Trinajstić information content (AvgIpc) is 3.27. The number of phosphoric ester groups is 2. The van der Waals surface area contributed by atoms with Gasteiger partial charge in [-0.15, -0.1) is 0 Å². The molecule has 9 atom stereocenters. The Morgan fingerprint density at radius 1 is 0.545 bits per heavy atom. The number of rotatable bonds is 37. The molecule has 8 N–H and O–H groups in total. The van der Waals surface area contributed by atoms with E-state index in [1.165, 1.54) is 19.3 Å². The van der Waals surface area contributed by atoms with Crippen molar-refractivity contribution in [1.29, 1.82) is 0 Å². The fourth-order valence-electron chi connectivity index (χ4n) is 6.34. The topological polar surface area (TPSA) is 276 Å². The molecule has 1 rings (SSSR count). The van der Waals surface area contributed by atoms with E-state index >= 15 is 0 Å². The van der Waals surface area contributed by atoms with Gasteiger partial charge in [0, 0.05) is 12.8 Å². The van der Waals surface area contributed by atoms with E-state index in [9.17, 15) is 49.1 Å². The smallest absolute Gasteiger partial charge is 0.462 e. The molecule has 5 unspecified atom stereocenters. The molecule has 1 saturated carbocycles. The maximum atomic E-state index is 13.0. The van der Waals surface area contributed by atoms with Gasteiger partial charge in [0.1, 0.15) is 43.2 Å². The van der Waals surface area contributed by atoms with Gasteiger partial charge in [-0.2, -0.15) is 0 Å². The minimum atomic E-state index is -5.38. The Balaban J connectivity index is 2.69. The Morgan fingerprint density at radius 3 is 1.55 bits per heavy atom. The van der Waals surface area contributed by atoms with Crippen molar-refractivity contribution in [3.8, 4) is 0 Å². The van der Waals surface area contributed by atoms with Crippen LogP contribution in [0.15, 0.2) is 85.1 Å². The van der Waals surface area contributed by atoms with Gasteiger partial charge in [0.25, 0.3) is 0 Å². The van der Waals surface area contributed by atoms with Crippen LogP contribution in [0, 0.1) is 0 Å². The van der Waals surface area contributed by atoms with Crippen molar-refractivity contribution >= 4 is 27.6 Å². The first-order valence-corrected chi connectivity index (χ1v) is 26.3. The maximum absolute atomic E-state index is 13.0. The predicted octanol–water partition coefficient (Wildman–Crippen LogP) is 7.58. The quantitative estimate of drug-likeness (QED) is 0.0129. The van der Waals surface area contributed by atoms with Crippen LogP contribution in [-0.2, 0) is 41.8 Å². The second-order valence-corrected chi connectivity index (χ2v) is 18.5. The van der Waals surface area contributed by atoms with Crippen LogP contribution in [0.3, 0.4) is 0 Å². The van der Waals surface area contributed by atoms with E-state index in [0.717, 1.165) is 57.8 Å². The highest BCUT2D eigenvalue weighted by atomic mass is 31.2. The number of ether oxygens (including phenoxy) is 2. The summed E-state index contributed by atoms with van der Waals surface area (Å²) in [5.41, 5.74) is 0. The summed E-state index contributed by atoms with van der Waals surface area (Å²) in [7, 11) is -10.7. The number of aliphatic hydroxyl groups excluding tert-OH is 5. The highest BCUT2D eigenvalue weighted by Gasteiger charge is 2.54. The fraction of sp³-hybridized carbons (Fsp3) is 0.660. The van der Waals surface area contributed by atoms with Crippen molar-refractivity contribution in [2.24, 2.45) is 0 Å². The van der Waals surface area contributed by atoms with Gasteiger partial charge in [0.2, 0.25) is 0 Å². The molecular weight excluding hydrogens is 898 g/mol. The molecule has 19 heteroatoms. The summed E-state index contributed by atoms with van der Waals surface area (Å²) >= 11 is 0. The standard InChI is InChI=1S/C47H78O17P2/c1-3-5-7-8-9-10-11-12-13-14-18-21-24-27-30-34-40(49)60-36-39(37-61-66(58,59)64-47-44(53)42(51)43(52)46(45(47)54)63-65(55,56)57)62-41(50)35-31-28-25-22-19-16-15-17-20-23-26-29-33-38(48)32-6-4-2/h9-10,12-13,15-16,18,20-23,25,29,33,38-39,42-48,51-54H,3-8,11,14,17,19,24,26-28,30-32,34-37H2,1-2H3,(H,58,59)(H2,55,56,57)/b10-9-,13-12-,16-15-,21-18-,23-20-,25-22-,33-29-/t38-,39-,42?,43?,44?,45?,46-,47+/m1/s1. The second-order valence-electron chi connectivity index (χ2n) is 15.9. The molecule has 0 spiro atoms. The average molecular weight is 977 g/mol. The van der Waals surface area contributed by atoms with Crippen LogP contribution >= 0.6 is 15.6 Å². The monoisotopic (exact) mass is 976 g/mol. The first-order valence-electron chi connectivity index (χ1n) is 23.2. The zero-order chi connectivity index (χ0) is 49.1. The number of allylic oxidation sites excluding steroid dienone is 13. The van der Waals surface area contributed by atoms with Crippen LogP contribution in [0.5, 0.6) is 0 Å². The summed E-state index contributed by atoms with van der Waals surface area (Å²) in [6.07, 6.45) is 27.4. The molecule has 0 aromatic rings. The molecule has 0 aromatic heterocycles. The van der Waals surface area contributed by atoms with Gasteiger partial charge >= 0.3 is 27.6 Å². The van der Waals surface area contributed by atoms with Crippen molar-refractivity contribution < 1.29 is 82.0 Å². The van der Waals surface area contributed by atoms with Crippen LogP contribution in [0.2, 0.25) is 0 Å². The lowest BCUT2D eigenvalue weighted by Gasteiger charge is -2.43. The maximum Gasteiger partial charge on any atom is 0.472 e. The zero-order valence-corrected chi connectivity index (χ0v) is 40.5. The van der Waals surface area contributed by atoms with Crippen molar-refractivity contribution in [3.05, 3.63) is 85.1 Å². The number of hydrogen-bond donors (Lipinski definition) is 8. The molecular formula is C47H78O17P2. The van der Waals surface area contributed by atoms with Gasteiger partial charge in [-0.25, -0.2) is 9.13 Å². The third kappa shape index (κ3) is 31.2. The van der Waals surface area contributed by atoms with E-state index < -0.39 is 89.6 Å². The Labute approximate surface area is 391 Å².